The molecule has 1 aliphatic heterocycles. The maximum Gasteiger partial charge on any atom is 0.261 e. The molecule has 0 spiro atoms. The zero-order valence-electron chi connectivity index (χ0n) is 18.7. The molecule has 174 valence electrons. The highest BCUT2D eigenvalue weighted by Gasteiger charge is 2.32. The number of nitrogens with one attached hydrogen (secondary N) is 1. The highest BCUT2D eigenvalue weighted by atomic mass is 32.2. The van der Waals surface area contributed by atoms with Crippen molar-refractivity contribution in [1.82, 2.24) is 10.2 Å². The van der Waals surface area contributed by atoms with Gasteiger partial charge in [0.25, 0.3) is 11.8 Å². The minimum absolute atomic E-state index is 0.00974. The van der Waals surface area contributed by atoms with E-state index in [4.69, 9.17) is 4.74 Å². The molecule has 5 rings (SSSR count). The average Bonchev–Trinajstić information content (AvgIpc) is 3.78. The monoisotopic (exact) mass is 482 g/mol. The summed E-state index contributed by atoms with van der Waals surface area (Å²) in [6.45, 7) is 0.594. The maximum atomic E-state index is 13.0. The molecule has 5 nitrogen and oxygen atoms in total. The van der Waals surface area contributed by atoms with Crippen LogP contribution in [0.1, 0.15) is 58.2 Å². The van der Waals surface area contributed by atoms with Gasteiger partial charge in [0.05, 0.1) is 4.58 Å². The number of nitrogens with zero attached hydrogens (tertiary/aromatic N) is 1. The van der Waals surface area contributed by atoms with E-state index >= 15 is 0 Å². The van der Waals surface area contributed by atoms with Gasteiger partial charge in [-0.15, -0.1) is 23.5 Å². The van der Waals surface area contributed by atoms with Crippen molar-refractivity contribution in [2.75, 3.05) is 18.1 Å². The predicted octanol–water partition coefficient (Wildman–Crippen LogP) is 5.02. The minimum atomic E-state index is -0.0146. The Balaban J connectivity index is 1.14. The zero-order valence-corrected chi connectivity index (χ0v) is 20.3. The van der Waals surface area contributed by atoms with E-state index in [1.165, 1.54) is 23.5 Å². The largest absolute Gasteiger partial charge is 0.484 e. The number of carbonyl (C=O) groups is 2. The third kappa shape index (κ3) is 6.27. The first kappa shape index (κ1) is 22.7. The Morgan fingerprint density at radius 2 is 1.64 bits per heavy atom. The molecule has 33 heavy (non-hydrogen) atoms. The third-order valence-corrected chi connectivity index (χ3v) is 9.15. The van der Waals surface area contributed by atoms with E-state index in [0.29, 0.717) is 28.8 Å². The number of rotatable bonds is 9. The van der Waals surface area contributed by atoms with Gasteiger partial charge in [0.1, 0.15) is 5.75 Å². The Bertz CT molecular complexity index is 966. The van der Waals surface area contributed by atoms with E-state index in [9.17, 15) is 9.59 Å². The summed E-state index contributed by atoms with van der Waals surface area (Å²) in [6, 6.07) is 16.4. The lowest BCUT2D eigenvalue weighted by Gasteiger charge is -2.23. The predicted molar refractivity (Wildman–Crippen MR) is 135 cm³/mol. The van der Waals surface area contributed by atoms with Crippen molar-refractivity contribution >= 4 is 35.3 Å². The Labute approximate surface area is 204 Å². The van der Waals surface area contributed by atoms with Crippen LogP contribution in [0.5, 0.6) is 5.75 Å². The SMILES string of the molecule is O=C(NC1CC1)c1ccc(CN(C(=O)COc2ccc(C3SCCCS3)cc2)C2CC2)cc1. The van der Waals surface area contributed by atoms with Gasteiger partial charge in [-0.1, -0.05) is 24.3 Å². The van der Waals surface area contributed by atoms with E-state index in [-0.39, 0.29) is 18.4 Å². The molecular weight excluding hydrogens is 452 g/mol. The van der Waals surface area contributed by atoms with Crippen LogP contribution in [0.15, 0.2) is 48.5 Å². The molecule has 1 saturated heterocycles. The van der Waals surface area contributed by atoms with E-state index in [1.807, 2.05) is 64.8 Å². The van der Waals surface area contributed by atoms with Crippen molar-refractivity contribution in [1.29, 1.82) is 0 Å². The van der Waals surface area contributed by atoms with Crippen molar-refractivity contribution in [3.63, 3.8) is 0 Å². The molecule has 0 radical (unpaired) electrons. The summed E-state index contributed by atoms with van der Waals surface area (Å²) in [4.78, 5) is 27.1. The molecule has 3 aliphatic rings. The number of benzene rings is 2. The smallest absolute Gasteiger partial charge is 0.261 e. The highest BCUT2D eigenvalue weighted by Crippen LogP contribution is 2.43. The van der Waals surface area contributed by atoms with Gasteiger partial charge in [-0.05, 0) is 79.0 Å². The number of ether oxygens (including phenoxy) is 1. The Hall–Kier alpha value is -2.12. The van der Waals surface area contributed by atoms with Crippen LogP contribution in [0.2, 0.25) is 0 Å². The Morgan fingerprint density at radius 1 is 0.939 bits per heavy atom. The summed E-state index contributed by atoms with van der Waals surface area (Å²) in [7, 11) is 0. The highest BCUT2D eigenvalue weighted by molar-refractivity contribution is 8.16. The molecule has 1 heterocycles. The summed E-state index contributed by atoms with van der Waals surface area (Å²) in [5, 5.41) is 3.01. The number of amides is 2. The molecule has 2 aromatic rings. The zero-order chi connectivity index (χ0) is 22.6. The topological polar surface area (TPSA) is 58.6 Å². The maximum absolute atomic E-state index is 13.0. The number of hydrogen-bond donors (Lipinski definition) is 1. The van der Waals surface area contributed by atoms with Crippen molar-refractivity contribution in [2.24, 2.45) is 0 Å². The van der Waals surface area contributed by atoms with Crippen LogP contribution < -0.4 is 10.1 Å². The minimum Gasteiger partial charge on any atom is -0.484 e. The summed E-state index contributed by atoms with van der Waals surface area (Å²) in [5.74, 6) is 3.17. The van der Waals surface area contributed by atoms with Crippen molar-refractivity contribution in [3.8, 4) is 5.75 Å². The van der Waals surface area contributed by atoms with Gasteiger partial charge in [-0.25, -0.2) is 0 Å². The molecule has 0 atom stereocenters. The van der Waals surface area contributed by atoms with Gasteiger partial charge in [-0.3, -0.25) is 9.59 Å². The van der Waals surface area contributed by atoms with Crippen LogP contribution in [0.25, 0.3) is 0 Å². The average molecular weight is 483 g/mol. The Kier molecular flexibility index (Phi) is 7.16. The molecular formula is C26H30N2O3S2. The lowest BCUT2D eigenvalue weighted by molar-refractivity contribution is -0.134. The van der Waals surface area contributed by atoms with Gasteiger partial charge in [0.15, 0.2) is 6.61 Å². The van der Waals surface area contributed by atoms with E-state index < -0.39 is 0 Å². The molecule has 2 aromatic carbocycles. The molecule has 2 amide bonds. The van der Waals surface area contributed by atoms with E-state index in [2.05, 4.69) is 17.4 Å². The van der Waals surface area contributed by atoms with Gasteiger partial charge in [-0.2, -0.15) is 0 Å². The van der Waals surface area contributed by atoms with Gasteiger partial charge >= 0.3 is 0 Å². The number of thioether (sulfide) groups is 2. The number of hydrogen-bond acceptors (Lipinski definition) is 5. The van der Waals surface area contributed by atoms with E-state index in [0.717, 1.165) is 37.0 Å². The second-order valence-corrected chi connectivity index (χ2v) is 11.7. The van der Waals surface area contributed by atoms with Crippen LogP contribution in [0.3, 0.4) is 0 Å². The second kappa shape index (κ2) is 10.4. The van der Waals surface area contributed by atoms with Crippen LogP contribution >= 0.6 is 23.5 Å². The van der Waals surface area contributed by atoms with Crippen LogP contribution in [0, 0.1) is 0 Å². The van der Waals surface area contributed by atoms with Crippen molar-refractivity contribution < 1.29 is 14.3 Å². The summed E-state index contributed by atoms with van der Waals surface area (Å²) >= 11 is 4.00. The summed E-state index contributed by atoms with van der Waals surface area (Å²) < 4.78 is 6.35. The standard InChI is InChI=1S/C26H30N2O3S2/c29-24(17-31-23-12-6-20(7-13-23)26-32-14-1-15-33-26)28(22-10-11-22)16-18-2-4-19(5-3-18)25(30)27-21-8-9-21/h2-7,12-13,21-22,26H,1,8-11,14-17H2,(H,27,30). The lowest BCUT2D eigenvalue weighted by atomic mass is 10.1. The fourth-order valence-electron chi connectivity index (χ4n) is 3.89. The van der Waals surface area contributed by atoms with Crippen LogP contribution in [-0.4, -0.2) is 46.9 Å². The fraction of sp³-hybridized carbons (Fsp3) is 0.462. The van der Waals surface area contributed by atoms with Gasteiger partial charge in [0, 0.05) is 24.2 Å². The molecule has 0 unspecified atom stereocenters. The second-order valence-electron chi connectivity index (χ2n) is 8.98. The molecule has 1 N–H and O–H groups in total. The summed E-state index contributed by atoms with van der Waals surface area (Å²) in [5.41, 5.74) is 3.02. The Morgan fingerprint density at radius 3 is 2.27 bits per heavy atom. The summed E-state index contributed by atoms with van der Waals surface area (Å²) in [6.07, 6.45) is 5.52. The molecule has 0 aromatic heterocycles. The molecule has 2 saturated carbocycles. The normalized spacial score (nSPS) is 18.5. The first-order valence-corrected chi connectivity index (χ1v) is 13.9. The van der Waals surface area contributed by atoms with Crippen molar-refractivity contribution in [3.05, 3.63) is 65.2 Å². The number of carbonyl (C=O) groups excluding carboxylic acids is 2. The molecule has 2 aliphatic carbocycles. The quantitative estimate of drug-likeness (QED) is 0.544. The van der Waals surface area contributed by atoms with Crippen LogP contribution in [-0.2, 0) is 11.3 Å². The fourth-order valence-corrected chi connectivity index (χ4v) is 6.79. The van der Waals surface area contributed by atoms with Gasteiger partial charge in [0.2, 0.25) is 0 Å². The first-order chi connectivity index (χ1) is 16.2. The molecule has 7 heteroatoms. The van der Waals surface area contributed by atoms with Crippen molar-refractivity contribution in [2.45, 2.75) is 55.3 Å². The lowest BCUT2D eigenvalue weighted by Crippen LogP contribution is -2.36. The van der Waals surface area contributed by atoms with Crippen LogP contribution in [0.4, 0.5) is 0 Å². The van der Waals surface area contributed by atoms with Gasteiger partial charge < -0.3 is 15.0 Å². The molecule has 0 bridgehead atoms. The third-order valence-electron chi connectivity index (χ3n) is 6.13. The van der Waals surface area contributed by atoms with E-state index in [1.54, 1.807) is 0 Å². The molecule has 3 fully saturated rings. The first-order valence-electron chi connectivity index (χ1n) is 11.8.